The van der Waals surface area contributed by atoms with Gasteiger partial charge in [0, 0.05) is 12.6 Å². The van der Waals surface area contributed by atoms with Gasteiger partial charge in [-0.3, -0.25) is 9.59 Å². The third-order valence-corrected chi connectivity index (χ3v) is 3.76. The predicted molar refractivity (Wildman–Crippen MR) is 96.1 cm³/mol. The van der Waals surface area contributed by atoms with E-state index in [2.05, 4.69) is 10.6 Å². The fourth-order valence-electron chi connectivity index (χ4n) is 2.36. The van der Waals surface area contributed by atoms with Crippen molar-refractivity contribution in [2.45, 2.75) is 26.3 Å². The summed E-state index contributed by atoms with van der Waals surface area (Å²) in [5, 5.41) is 5.43. The average molecular weight is 343 g/mol. The van der Waals surface area contributed by atoms with E-state index < -0.39 is 11.7 Å². The quantitative estimate of drug-likeness (QED) is 0.754. The predicted octanol–water partition coefficient (Wildman–Crippen LogP) is 2.85. The van der Waals surface area contributed by atoms with Crippen molar-refractivity contribution < 1.29 is 14.0 Å². The molecule has 2 aromatic carbocycles. The molecular weight excluding hydrogens is 321 g/mol. The van der Waals surface area contributed by atoms with Gasteiger partial charge in [-0.1, -0.05) is 24.3 Å². The van der Waals surface area contributed by atoms with Gasteiger partial charge in [-0.2, -0.15) is 0 Å². The monoisotopic (exact) mass is 343 g/mol. The summed E-state index contributed by atoms with van der Waals surface area (Å²) in [6.07, 6.45) is 0.647. The van der Waals surface area contributed by atoms with Crippen molar-refractivity contribution in [3.8, 4) is 0 Å². The molecule has 0 fully saturated rings. The van der Waals surface area contributed by atoms with E-state index in [1.54, 1.807) is 31.2 Å². The lowest BCUT2D eigenvalue weighted by molar-refractivity contribution is 0.0953. The summed E-state index contributed by atoms with van der Waals surface area (Å²) >= 11 is 0. The second-order valence-electron chi connectivity index (χ2n) is 5.95. The van der Waals surface area contributed by atoms with Crippen LogP contribution in [0.3, 0.4) is 0 Å². The second-order valence-corrected chi connectivity index (χ2v) is 5.95. The molecule has 132 valence electrons. The van der Waals surface area contributed by atoms with Gasteiger partial charge in [0.15, 0.2) is 0 Å². The summed E-state index contributed by atoms with van der Waals surface area (Å²) in [7, 11) is 0. The topological polar surface area (TPSA) is 84.2 Å². The van der Waals surface area contributed by atoms with Crippen molar-refractivity contribution in [1.82, 2.24) is 5.32 Å². The highest BCUT2D eigenvalue weighted by molar-refractivity contribution is 6.09. The largest absolute Gasteiger partial charge is 0.352 e. The van der Waals surface area contributed by atoms with Crippen LogP contribution in [0.5, 0.6) is 0 Å². The highest BCUT2D eigenvalue weighted by Gasteiger charge is 2.17. The summed E-state index contributed by atoms with van der Waals surface area (Å²) in [6.45, 7) is 4.07. The van der Waals surface area contributed by atoms with E-state index in [0.29, 0.717) is 29.8 Å². The van der Waals surface area contributed by atoms with Crippen molar-refractivity contribution >= 4 is 17.5 Å². The number of hydrogen-bond donors (Lipinski definition) is 3. The molecule has 6 heteroatoms. The first kappa shape index (κ1) is 18.6. The van der Waals surface area contributed by atoms with Gasteiger partial charge in [-0.05, 0) is 44.0 Å². The van der Waals surface area contributed by atoms with E-state index in [-0.39, 0.29) is 17.5 Å². The SMILES string of the molecule is Cc1cccc(C(=O)NCCC(C)N)c1NC(=O)c1ccccc1F. The minimum Gasteiger partial charge on any atom is -0.352 e. The lowest BCUT2D eigenvalue weighted by atomic mass is 10.1. The first-order chi connectivity index (χ1) is 11.9. The molecule has 2 aromatic rings. The van der Waals surface area contributed by atoms with Crippen LogP contribution in [0.1, 0.15) is 39.6 Å². The molecule has 0 bridgehead atoms. The van der Waals surface area contributed by atoms with Gasteiger partial charge in [-0.15, -0.1) is 0 Å². The molecule has 0 aliphatic carbocycles. The molecule has 0 radical (unpaired) electrons. The van der Waals surface area contributed by atoms with Crippen LogP contribution in [0.15, 0.2) is 42.5 Å². The van der Waals surface area contributed by atoms with Crippen LogP contribution in [-0.4, -0.2) is 24.4 Å². The van der Waals surface area contributed by atoms with Crippen molar-refractivity contribution in [2.24, 2.45) is 5.73 Å². The van der Waals surface area contributed by atoms with Gasteiger partial charge >= 0.3 is 0 Å². The molecule has 1 unspecified atom stereocenters. The van der Waals surface area contributed by atoms with E-state index in [1.807, 2.05) is 6.92 Å². The van der Waals surface area contributed by atoms with Gasteiger partial charge < -0.3 is 16.4 Å². The van der Waals surface area contributed by atoms with E-state index in [1.165, 1.54) is 18.2 Å². The summed E-state index contributed by atoms with van der Waals surface area (Å²) in [6, 6.07) is 10.8. The number of para-hydroxylation sites is 1. The number of nitrogens with two attached hydrogens (primary N) is 1. The third-order valence-electron chi connectivity index (χ3n) is 3.76. The Balaban J connectivity index is 2.21. The van der Waals surface area contributed by atoms with Crippen LogP contribution >= 0.6 is 0 Å². The summed E-state index contributed by atoms with van der Waals surface area (Å²) in [4.78, 5) is 24.8. The Morgan fingerprint density at radius 3 is 2.44 bits per heavy atom. The van der Waals surface area contributed by atoms with Crippen molar-refractivity contribution in [3.05, 3.63) is 65.0 Å². The number of halogens is 1. The number of anilines is 1. The molecule has 4 N–H and O–H groups in total. The van der Waals surface area contributed by atoms with Crippen molar-refractivity contribution in [1.29, 1.82) is 0 Å². The normalized spacial score (nSPS) is 11.7. The smallest absolute Gasteiger partial charge is 0.258 e. The summed E-state index contributed by atoms with van der Waals surface area (Å²) in [5.74, 6) is -1.53. The Labute approximate surface area is 146 Å². The number of carbonyl (C=O) groups is 2. The zero-order valence-electron chi connectivity index (χ0n) is 14.3. The summed E-state index contributed by atoms with van der Waals surface area (Å²) in [5.41, 5.74) is 7.01. The maximum absolute atomic E-state index is 13.8. The molecular formula is C19H22FN3O2. The van der Waals surface area contributed by atoms with E-state index >= 15 is 0 Å². The van der Waals surface area contributed by atoms with Crippen LogP contribution in [0.2, 0.25) is 0 Å². The number of aryl methyl sites for hydroxylation is 1. The van der Waals surface area contributed by atoms with Crippen molar-refractivity contribution in [3.63, 3.8) is 0 Å². The number of rotatable bonds is 6. The lowest BCUT2D eigenvalue weighted by Crippen LogP contribution is -2.30. The highest BCUT2D eigenvalue weighted by Crippen LogP contribution is 2.22. The maximum Gasteiger partial charge on any atom is 0.258 e. The molecule has 0 saturated heterocycles. The van der Waals surface area contributed by atoms with Crippen LogP contribution in [0, 0.1) is 12.7 Å². The zero-order chi connectivity index (χ0) is 18.4. The van der Waals surface area contributed by atoms with Crippen molar-refractivity contribution in [2.75, 3.05) is 11.9 Å². The molecule has 0 aliphatic rings. The minimum atomic E-state index is -0.614. The Kier molecular flexibility index (Phi) is 6.25. The minimum absolute atomic E-state index is 0.0157. The van der Waals surface area contributed by atoms with E-state index in [4.69, 9.17) is 5.73 Å². The summed E-state index contributed by atoms with van der Waals surface area (Å²) < 4.78 is 13.8. The van der Waals surface area contributed by atoms with Gasteiger partial charge in [0.2, 0.25) is 0 Å². The second kappa shape index (κ2) is 8.39. The highest BCUT2D eigenvalue weighted by atomic mass is 19.1. The number of carbonyl (C=O) groups excluding carboxylic acids is 2. The molecule has 2 amide bonds. The lowest BCUT2D eigenvalue weighted by Gasteiger charge is -2.14. The third kappa shape index (κ3) is 4.87. The fraction of sp³-hybridized carbons (Fsp3) is 0.263. The Bertz CT molecular complexity index is 775. The standard InChI is InChI=1S/C19H22FN3O2/c1-12-6-5-8-15(18(24)22-11-10-13(2)21)17(12)23-19(25)14-7-3-4-9-16(14)20/h3-9,13H,10-11,21H2,1-2H3,(H,22,24)(H,23,25). The van der Waals surface area contributed by atoms with Gasteiger partial charge in [0.25, 0.3) is 11.8 Å². The molecule has 0 aromatic heterocycles. The first-order valence-electron chi connectivity index (χ1n) is 8.09. The maximum atomic E-state index is 13.8. The molecule has 0 aliphatic heterocycles. The molecule has 0 saturated carbocycles. The number of amides is 2. The van der Waals surface area contributed by atoms with Crippen LogP contribution in [0.4, 0.5) is 10.1 Å². The number of hydrogen-bond acceptors (Lipinski definition) is 3. The Morgan fingerprint density at radius 2 is 1.76 bits per heavy atom. The molecule has 0 heterocycles. The van der Waals surface area contributed by atoms with Gasteiger partial charge in [0.1, 0.15) is 5.82 Å². The van der Waals surface area contributed by atoms with Crippen LogP contribution in [-0.2, 0) is 0 Å². The molecule has 25 heavy (non-hydrogen) atoms. The molecule has 2 rings (SSSR count). The van der Waals surface area contributed by atoms with Crippen LogP contribution < -0.4 is 16.4 Å². The molecule has 1 atom stereocenters. The molecule has 5 nitrogen and oxygen atoms in total. The molecule has 0 spiro atoms. The fourth-order valence-corrected chi connectivity index (χ4v) is 2.36. The zero-order valence-corrected chi connectivity index (χ0v) is 14.3. The van der Waals surface area contributed by atoms with Crippen LogP contribution in [0.25, 0.3) is 0 Å². The van der Waals surface area contributed by atoms with E-state index in [9.17, 15) is 14.0 Å². The van der Waals surface area contributed by atoms with Gasteiger partial charge in [0.05, 0.1) is 16.8 Å². The Morgan fingerprint density at radius 1 is 1.08 bits per heavy atom. The number of benzene rings is 2. The Hall–Kier alpha value is -2.73. The van der Waals surface area contributed by atoms with E-state index in [0.717, 1.165) is 0 Å². The average Bonchev–Trinajstić information content (AvgIpc) is 2.56. The number of nitrogens with one attached hydrogen (secondary N) is 2. The van der Waals surface area contributed by atoms with Gasteiger partial charge in [-0.25, -0.2) is 4.39 Å². The first-order valence-corrected chi connectivity index (χ1v) is 8.09.